The van der Waals surface area contributed by atoms with Crippen LogP contribution in [0.1, 0.15) is 25.8 Å². The molecular weight excluding hydrogens is 199 g/mol. The SMILES string of the molecule is CC(C)Cc1ccc(B2OCCCO2)cc1. The third-order valence-corrected chi connectivity index (χ3v) is 2.72. The fourth-order valence-corrected chi connectivity index (χ4v) is 1.96. The zero-order chi connectivity index (χ0) is 11.4. The van der Waals surface area contributed by atoms with Crippen molar-refractivity contribution in [1.82, 2.24) is 0 Å². The van der Waals surface area contributed by atoms with Gasteiger partial charge in [-0.3, -0.25) is 0 Å². The van der Waals surface area contributed by atoms with E-state index in [1.54, 1.807) is 0 Å². The summed E-state index contributed by atoms with van der Waals surface area (Å²) in [7, 11) is -0.151. The molecule has 0 saturated carbocycles. The fourth-order valence-electron chi connectivity index (χ4n) is 1.96. The molecule has 0 spiro atoms. The van der Waals surface area contributed by atoms with Crippen molar-refractivity contribution in [2.45, 2.75) is 26.7 Å². The molecule has 0 bridgehead atoms. The van der Waals surface area contributed by atoms with Crippen molar-refractivity contribution in [1.29, 1.82) is 0 Å². The highest BCUT2D eigenvalue weighted by atomic mass is 16.6. The standard InChI is InChI=1S/C13H19BO2/c1-11(2)10-12-4-6-13(7-5-12)14-15-8-3-9-16-14/h4-7,11H,3,8-10H2,1-2H3. The molecule has 3 heteroatoms. The molecule has 0 aliphatic carbocycles. The van der Waals surface area contributed by atoms with Crippen LogP contribution in [0.3, 0.4) is 0 Å². The van der Waals surface area contributed by atoms with E-state index in [2.05, 4.69) is 38.1 Å². The van der Waals surface area contributed by atoms with E-state index in [-0.39, 0.29) is 7.12 Å². The summed E-state index contributed by atoms with van der Waals surface area (Å²) in [5.41, 5.74) is 2.52. The minimum absolute atomic E-state index is 0.151. The average molecular weight is 218 g/mol. The van der Waals surface area contributed by atoms with Crippen LogP contribution >= 0.6 is 0 Å². The zero-order valence-electron chi connectivity index (χ0n) is 10.1. The summed E-state index contributed by atoms with van der Waals surface area (Å²) in [5.74, 6) is 0.702. The van der Waals surface area contributed by atoms with Gasteiger partial charge < -0.3 is 9.31 Å². The van der Waals surface area contributed by atoms with E-state index in [4.69, 9.17) is 9.31 Å². The molecule has 0 atom stereocenters. The van der Waals surface area contributed by atoms with Gasteiger partial charge in [0.2, 0.25) is 0 Å². The van der Waals surface area contributed by atoms with E-state index in [1.807, 2.05) is 0 Å². The van der Waals surface area contributed by atoms with Gasteiger partial charge in [0.15, 0.2) is 0 Å². The molecule has 0 amide bonds. The predicted molar refractivity (Wildman–Crippen MR) is 66.9 cm³/mol. The van der Waals surface area contributed by atoms with Gasteiger partial charge >= 0.3 is 7.12 Å². The van der Waals surface area contributed by atoms with Crippen LogP contribution in [0, 0.1) is 5.92 Å². The van der Waals surface area contributed by atoms with Gasteiger partial charge in [0.25, 0.3) is 0 Å². The Kier molecular flexibility index (Phi) is 4.02. The van der Waals surface area contributed by atoms with Crippen molar-refractivity contribution < 1.29 is 9.31 Å². The van der Waals surface area contributed by atoms with Gasteiger partial charge in [0.1, 0.15) is 0 Å². The van der Waals surface area contributed by atoms with Crippen LogP contribution in [0.15, 0.2) is 24.3 Å². The molecule has 1 aliphatic heterocycles. The second-order valence-corrected chi connectivity index (χ2v) is 4.77. The van der Waals surface area contributed by atoms with E-state index < -0.39 is 0 Å². The minimum atomic E-state index is -0.151. The summed E-state index contributed by atoms with van der Waals surface area (Å²) in [4.78, 5) is 0. The maximum Gasteiger partial charge on any atom is 0.493 e. The molecule has 1 aromatic rings. The third-order valence-electron chi connectivity index (χ3n) is 2.72. The molecule has 86 valence electrons. The summed E-state index contributed by atoms with van der Waals surface area (Å²) in [6, 6.07) is 8.59. The Hall–Kier alpha value is -0.795. The quantitative estimate of drug-likeness (QED) is 0.722. The second kappa shape index (κ2) is 5.51. The van der Waals surface area contributed by atoms with Crippen LogP contribution in [-0.2, 0) is 15.7 Å². The molecule has 1 heterocycles. The Balaban J connectivity index is 2.00. The first-order chi connectivity index (χ1) is 7.75. The number of hydrogen-bond donors (Lipinski definition) is 0. The molecule has 1 aliphatic rings. The lowest BCUT2D eigenvalue weighted by Crippen LogP contribution is -2.40. The number of hydrogen-bond acceptors (Lipinski definition) is 2. The second-order valence-electron chi connectivity index (χ2n) is 4.77. The topological polar surface area (TPSA) is 18.5 Å². The Morgan fingerprint density at radius 3 is 2.31 bits per heavy atom. The number of benzene rings is 1. The van der Waals surface area contributed by atoms with Crippen molar-refractivity contribution >= 4 is 12.6 Å². The molecule has 0 radical (unpaired) electrons. The summed E-state index contributed by atoms with van der Waals surface area (Å²) < 4.78 is 11.1. The van der Waals surface area contributed by atoms with Crippen molar-refractivity contribution in [3.05, 3.63) is 29.8 Å². The van der Waals surface area contributed by atoms with Gasteiger partial charge in [-0.05, 0) is 29.8 Å². The van der Waals surface area contributed by atoms with Crippen LogP contribution in [0.4, 0.5) is 0 Å². The maximum atomic E-state index is 5.56. The zero-order valence-corrected chi connectivity index (χ0v) is 10.1. The average Bonchev–Trinajstić information content (AvgIpc) is 2.30. The van der Waals surface area contributed by atoms with Crippen LogP contribution in [0.2, 0.25) is 0 Å². The summed E-state index contributed by atoms with van der Waals surface area (Å²) in [6.45, 7) is 6.08. The van der Waals surface area contributed by atoms with Gasteiger partial charge in [-0.2, -0.15) is 0 Å². The first-order valence-electron chi connectivity index (χ1n) is 6.08. The molecule has 0 N–H and O–H groups in total. The largest absolute Gasteiger partial charge is 0.493 e. The van der Waals surface area contributed by atoms with Gasteiger partial charge in [-0.15, -0.1) is 0 Å². The van der Waals surface area contributed by atoms with Crippen molar-refractivity contribution in [3.63, 3.8) is 0 Å². The molecule has 0 aromatic heterocycles. The molecule has 16 heavy (non-hydrogen) atoms. The lowest BCUT2D eigenvalue weighted by Gasteiger charge is -2.20. The maximum absolute atomic E-state index is 5.56. The predicted octanol–water partition coefficient (Wildman–Crippen LogP) is 2.02. The molecule has 1 fully saturated rings. The van der Waals surface area contributed by atoms with Crippen LogP contribution in [-0.4, -0.2) is 20.3 Å². The smallest absolute Gasteiger partial charge is 0.407 e. The highest BCUT2D eigenvalue weighted by Gasteiger charge is 2.23. The normalized spacial score (nSPS) is 16.8. The van der Waals surface area contributed by atoms with E-state index in [1.165, 1.54) is 5.56 Å². The van der Waals surface area contributed by atoms with Crippen molar-refractivity contribution in [2.75, 3.05) is 13.2 Å². The van der Waals surface area contributed by atoms with E-state index in [0.717, 1.165) is 31.5 Å². The summed E-state index contributed by atoms with van der Waals surface area (Å²) >= 11 is 0. The molecule has 2 nitrogen and oxygen atoms in total. The highest BCUT2D eigenvalue weighted by molar-refractivity contribution is 6.61. The lowest BCUT2D eigenvalue weighted by atomic mass is 9.77. The van der Waals surface area contributed by atoms with Gasteiger partial charge in [-0.25, -0.2) is 0 Å². The molecule has 0 unspecified atom stereocenters. The highest BCUT2D eigenvalue weighted by Crippen LogP contribution is 2.08. The van der Waals surface area contributed by atoms with Gasteiger partial charge in [0.05, 0.1) is 0 Å². The Labute approximate surface area is 98.1 Å². The Bertz CT molecular complexity index is 315. The van der Waals surface area contributed by atoms with E-state index in [0.29, 0.717) is 5.92 Å². The fraction of sp³-hybridized carbons (Fsp3) is 0.538. The molecule has 1 saturated heterocycles. The molecule has 1 aromatic carbocycles. The Morgan fingerprint density at radius 1 is 1.12 bits per heavy atom. The van der Waals surface area contributed by atoms with Crippen molar-refractivity contribution in [3.8, 4) is 0 Å². The minimum Gasteiger partial charge on any atom is -0.407 e. The Morgan fingerprint density at radius 2 is 1.75 bits per heavy atom. The summed E-state index contributed by atoms with van der Waals surface area (Å²) in [5, 5.41) is 0. The first kappa shape index (κ1) is 11.7. The van der Waals surface area contributed by atoms with Crippen LogP contribution in [0.25, 0.3) is 0 Å². The van der Waals surface area contributed by atoms with Crippen LogP contribution < -0.4 is 5.46 Å². The van der Waals surface area contributed by atoms with Crippen LogP contribution in [0.5, 0.6) is 0 Å². The first-order valence-corrected chi connectivity index (χ1v) is 6.08. The van der Waals surface area contributed by atoms with E-state index in [9.17, 15) is 0 Å². The summed E-state index contributed by atoms with van der Waals surface area (Å²) in [6.07, 6.45) is 2.13. The molecular formula is C13H19BO2. The van der Waals surface area contributed by atoms with Crippen molar-refractivity contribution in [2.24, 2.45) is 5.92 Å². The number of rotatable bonds is 3. The third kappa shape index (κ3) is 3.10. The molecule has 2 rings (SSSR count). The van der Waals surface area contributed by atoms with Gasteiger partial charge in [0, 0.05) is 13.2 Å². The lowest BCUT2D eigenvalue weighted by molar-refractivity contribution is 0.143. The van der Waals surface area contributed by atoms with Gasteiger partial charge in [-0.1, -0.05) is 38.1 Å². The van der Waals surface area contributed by atoms with E-state index >= 15 is 0 Å². The monoisotopic (exact) mass is 218 g/mol.